The monoisotopic (exact) mass is 613 g/mol. The highest BCUT2D eigenvalue weighted by atomic mass is 32.2. The van der Waals surface area contributed by atoms with Crippen LogP contribution in [0.25, 0.3) is 0 Å². The maximum Gasteiger partial charge on any atom is 0.416 e. The number of anilines is 2. The van der Waals surface area contributed by atoms with E-state index in [1.165, 1.54) is 34.9 Å². The number of hydrogen-bond acceptors (Lipinski definition) is 6. The van der Waals surface area contributed by atoms with E-state index in [1.54, 1.807) is 30.3 Å². The number of aromatic nitrogens is 1. The Morgan fingerprint density at radius 2 is 1.62 bits per heavy atom. The summed E-state index contributed by atoms with van der Waals surface area (Å²) in [6.07, 6.45) is -4.68. The summed E-state index contributed by atoms with van der Waals surface area (Å²) >= 11 is 1.80. The highest BCUT2D eigenvalue weighted by Gasteiger charge is 2.57. The van der Waals surface area contributed by atoms with Crippen molar-refractivity contribution >= 4 is 52.2 Å². The number of thiazole rings is 1. The van der Waals surface area contributed by atoms with Gasteiger partial charge in [0.2, 0.25) is 17.7 Å². The minimum Gasteiger partial charge on any atom is -0.325 e. The molecular weight excluding hydrogens is 594 g/mol. The molecule has 3 heterocycles. The topological polar surface area (TPSA) is 88.5 Å². The highest BCUT2D eigenvalue weighted by molar-refractivity contribution is 8.00. The first kappa shape index (κ1) is 27.9. The zero-order valence-electron chi connectivity index (χ0n) is 21.3. The van der Waals surface area contributed by atoms with Crippen molar-refractivity contribution in [3.05, 3.63) is 110 Å². The lowest BCUT2D eigenvalue weighted by Crippen LogP contribution is -2.33. The van der Waals surface area contributed by atoms with E-state index in [-0.39, 0.29) is 5.69 Å². The molecule has 0 spiro atoms. The van der Waals surface area contributed by atoms with Crippen molar-refractivity contribution in [3.8, 4) is 0 Å². The van der Waals surface area contributed by atoms with Crippen molar-refractivity contribution in [2.24, 2.45) is 5.92 Å². The van der Waals surface area contributed by atoms with Crippen LogP contribution in [-0.4, -0.2) is 27.5 Å². The summed E-state index contributed by atoms with van der Waals surface area (Å²) in [6.45, 7) is -0.409. The fraction of sp³-hybridized carbons (Fsp3) is 0.172. The van der Waals surface area contributed by atoms with Gasteiger partial charge in [-0.15, -0.1) is 0 Å². The van der Waals surface area contributed by atoms with Crippen molar-refractivity contribution in [1.82, 2.24) is 4.57 Å². The molecule has 42 heavy (non-hydrogen) atoms. The van der Waals surface area contributed by atoms with Crippen molar-refractivity contribution in [3.63, 3.8) is 0 Å². The number of benzene rings is 3. The summed E-state index contributed by atoms with van der Waals surface area (Å²) in [6, 6.07) is 17.9. The maximum atomic E-state index is 13.8. The van der Waals surface area contributed by atoms with Crippen LogP contribution in [0.3, 0.4) is 0 Å². The Morgan fingerprint density at radius 3 is 2.31 bits per heavy atom. The van der Waals surface area contributed by atoms with E-state index < -0.39 is 63.8 Å². The average molecular weight is 614 g/mol. The van der Waals surface area contributed by atoms with E-state index >= 15 is 0 Å². The second-order valence-electron chi connectivity index (χ2n) is 9.69. The number of thioether (sulfide) groups is 1. The van der Waals surface area contributed by atoms with Gasteiger partial charge in [-0.1, -0.05) is 59.5 Å². The highest BCUT2D eigenvalue weighted by Crippen LogP contribution is 2.54. The van der Waals surface area contributed by atoms with Crippen molar-refractivity contribution in [2.45, 2.75) is 28.9 Å². The molecule has 1 fully saturated rings. The molecule has 13 heteroatoms. The first-order chi connectivity index (χ1) is 20.0. The SMILES string of the molecule is O=C(Cn1c2c(sc1=O)[C@H](c1ccccc1)C1C(=O)N(c3cccc(C(F)(F)F)c3)C(=O)C1S2)Nc1ccc(F)cc1. The average Bonchev–Trinajstić information content (AvgIpc) is 3.40. The van der Waals surface area contributed by atoms with E-state index in [0.29, 0.717) is 21.2 Å². The fourth-order valence-electron chi connectivity index (χ4n) is 5.23. The van der Waals surface area contributed by atoms with Gasteiger partial charge in [0.15, 0.2) is 0 Å². The molecule has 2 aliphatic heterocycles. The fourth-order valence-corrected chi connectivity index (χ4v) is 8.00. The molecule has 1 N–H and O–H groups in total. The summed E-state index contributed by atoms with van der Waals surface area (Å²) in [5.74, 6) is -4.17. The number of rotatable bonds is 5. The largest absolute Gasteiger partial charge is 0.416 e. The molecule has 2 unspecified atom stereocenters. The Labute approximate surface area is 243 Å². The van der Waals surface area contributed by atoms with Gasteiger partial charge in [0, 0.05) is 16.5 Å². The summed E-state index contributed by atoms with van der Waals surface area (Å²) in [7, 11) is 0. The molecule has 0 bridgehead atoms. The molecule has 1 saturated heterocycles. The molecule has 7 nitrogen and oxygen atoms in total. The van der Waals surface area contributed by atoms with E-state index in [2.05, 4.69) is 5.32 Å². The molecule has 3 amide bonds. The number of imide groups is 1. The number of alkyl halides is 3. The number of hydrogen-bond donors (Lipinski definition) is 1. The van der Waals surface area contributed by atoms with Crippen molar-refractivity contribution in [1.29, 1.82) is 0 Å². The first-order valence-electron chi connectivity index (χ1n) is 12.6. The third-order valence-corrected chi connectivity index (χ3v) is 9.67. The van der Waals surface area contributed by atoms with Crippen LogP contribution >= 0.6 is 23.1 Å². The van der Waals surface area contributed by atoms with Crippen LogP contribution in [0.2, 0.25) is 0 Å². The zero-order valence-corrected chi connectivity index (χ0v) is 22.9. The van der Waals surface area contributed by atoms with Gasteiger partial charge in [-0.25, -0.2) is 9.29 Å². The van der Waals surface area contributed by atoms with Crippen LogP contribution in [0, 0.1) is 11.7 Å². The molecule has 0 saturated carbocycles. The number of carbonyl (C=O) groups is 3. The number of carbonyl (C=O) groups excluding carboxylic acids is 3. The van der Waals surface area contributed by atoms with Crippen molar-refractivity contribution < 1.29 is 31.9 Å². The van der Waals surface area contributed by atoms with Gasteiger partial charge in [-0.05, 0) is 48.0 Å². The Hall–Kier alpha value is -4.23. The van der Waals surface area contributed by atoms with Crippen LogP contribution in [0.4, 0.5) is 28.9 Å². The second kappa shape index (κ2) is 10.6. The lowest BCUT2D eigenvalue weighted by Gasteiger charge is -2.30. The zero-order chi connectivity index (χ0) is 29.8. The molecule has 0 aliphatic carbocycles. The number of fused-ring (bicyclic) bond motifs is 2. The number of halogens is 4. The third-order valence-electron chi connectivity index (χ3n) is 7.07. The second-order valence-corrected chi connectivity index (χ2v) is 11.8. The quantitative estimate of drug-likeness (QED) is 0.237. The number of nitrogens with zero attached hydrogens (tertiary/aromatic N) is 2. The Kier molecular flexibility index (Phi) is 7.01. The number of amides is 3. The van der Waals surface area contributed by atoms with E-state index in [9.17, 15) is 36.7 Å². The Bertz CT molecular complexity index is 1770. The van der Waals surface area contributed by atoms with Crippen LogP contribution < -0.4 is 15.1 Å². The number of nitrogens with one attached hydrogen (secondary N) is 1. The van der Waals surface area contributed by atoms with Gasteiger partial charge in [-0.3, -0.25) is 23.7 Å². The molecule has 4 aromatic rings. The van der Waals surface area contributed by atoms with Crippen LogP contribution in [0.1, 0.15) is 21.9 Å². The molecule has 214 valence electrons. The maximum absolute atomic E-state index is 13.8. The van der Waals surface area contributed by atoms with Crippen LogP contribution in [-0.2, 0) is 27.1 Å². The minimum atomic E-state index is -4.68. The summed E-state index contributed by atoms with van der Waals surface area (Å²) in [5.41, 5.74) is -0.226. The van der Waals surface area contributed by atoms with Gasteiger partial charge in [-0.2, -0.15) is 13.2 Å². The Morgan fingerprint density at radius 1 is 0.905 bits per heavy atom. The van der Waals surface area contributed by atoms with E-state index in [0.717, 1.165) is 46.2 Å². The third kappa shape index (κ3) is 4.92. The Balaban J connectivity index is 1.39. The van der Waals surface area contributed by atoms with Crippen LogP contribution in [0.5, 0.6) is 0 Å². The summed E-state index contributed by atoms with van der Waals surface area (Å²) in [5, 5.41) is 1.89. The molecular formula is C29H19F4N3O4S2. The molecule has 6 rings (SSSR count). The lowest BCUT2D eigenvalue weighted by molar-refractivity contribution is -0.137. The van der Waals surface area contributed by atoms with Gasteiger partial charge >= 0.3 is 11.0 Å². The van der Waals surface area contributed by atoms with Crippen molar-refractivity contribution in [2.75, 3.05) is 10.2 Å². The van der Waals surface area contributed by atoms with Crippen LogP contribution in [0.15, 0.2) is 88.7 Å². The van der Waals surface area contributed by atoms with Gasteiger partial charge in [0.1, 0.15) is 17.6 Å². The molecule has 3 atom stereocenters. The predicted molar refractivity (Wildman–Crippen MR) is 149 cm³/mol. The summed E-state index contributed by atoms with van der Waals surface area (Å²) < 4.78 is 54.8. The summed E-state index contributed by atoms with van der Waals surface area (Å²) in [4.78, 5) is 54.4. The first-order valence-corrected chi connectivity index (χ1v) is 14.3. The molecule has 2 aliphatic rings. The molecule has 1 aromatic heterocycles. The smallest absolute Gasteiger partial charge is 0.325 e. The van der Waals surface area contributed by atoms with E-state index in [4.69, 9.17) is 0 Å². The van der Waals surface area contributed by atoms with Gasteiger partial charge < -0.3 is 5.32 Å². The predicted octanol–water partition coefficient (Wildman–Crippen LogP) is 5.50. The van der Waals surface area contributed by atoms with E-state index in [1.807, 2.05) is 0 Å². The van der Waals surface area contributed by atoms with Gasteiger partial charge in [0.25, 0.3) is 0 Å². The molecule has 3 aromatic carbocycles. The lowest BCUT2D eigenvalue weighted by atomic mass is 9.83. The standard InChI is InChI=1S/C29H19F4N3O4S2/c30-17-9-11-18(12-10-17)34-20(37)14-35-27-24(42-28(35)40)21(15-5-2-1-3-6-15)22-23(41-27)26(39)36(25(22)38)19-8-4-7-16(13-19)29(31,32)33/h1-13,21-23H,14H2,(H,34,37)/t21-,22?,23?/m1/s1. The molecule has 0 radical (unpaired) electrons. The minimum absolute atomic E-state index is 0.193. The normalized spacial score (nSPS) is 19.9. The van der Waals surface area contributed by atoms with Gasteiger partial charge in [0.05, 0.1) is 22.2 Å².